The molecule has 0 unspecified atom stereocenters. The second-order valence-electron chi connectivity index (χ2n) is 4.50. The first-order valence-electron chi connectivity index (χ1n) is 6.34. The van der Waals surface area contributed by atoms with Crippen LogP contribution < -0.4 is 0 Å². The molecule has 1 N–H and O–H groups in total. The summed E-state index contributed by atoms with van der Waals surface area (Å²) in [6.07, 6.45) is 3.38. The fourth-order valence-electron chi connectivity index (χ4n) is 2.32. The molecule has 0 aromatic carbocycles. The van der Waals surface area contributed by atoms with Crippen molar-refractivity contribution in [2.24, 2.45) is 0 Å². The van der Waals surface area contributed by atoms with Crippen LogP contribution in [0.15, 0.2) is 22.8 Å². The maximum Gasteiger partial charge on any atom is 0.103 e. The van der Waals surface area contributed by atoms with Crippen LogP contribution in [0.5, 0.6) is 0 Å². The van der Waals surface area contributed by atoms with Crippen molar-refractivity contribution in [3.05, 3.63) is 24.2 Å². The predicted octanol–water partition coefficient (Wildman–Crippen LogP) is 1.29. The molecular formula is C13H21NO3. The number of ether oxygens (including phenoxy) is 1. The number of nitrogens with zero attached hydrogens (tertiary/aromatic N) is 1. The lowest BCUT2D eigenvalue weighted by Gasteiger charge is -2.14. The van der Waals surface area contributed by atoms with Gasteiger partial charge in [0.15, 0.2) is 0 Å². The summed E-state index contributed by atoms with van der Waals surface area (Å²) < 4.78 is 10.8. The number of hydrogen-bond donors (Lipinski definition) is 1. The maximum atomic E-state index is 9.79. The Morgan fingerprint density at radius 2 is 2.41 bits per heavy atom. The van der Waals surface area contributed by atoms with Crippen LogP contribution in [0.25, 0.3) is 0 Å². The van der Waals surface area contributed by atoms with Gasteiger partial charge in [-0.3, -0.25) is 4.90 Å². The van der Waals surface area contributed by atoms with E-state index in [4.69, 9.17) is 9.15 Å². The van der Waals surface area contributed by atoms with Gasteiger partial charge in [-0.15, -0.1) is 0 Å². The van der Waals surface area contributed by atoms with Crippen LogP contribution in [0.2, 0.25) is 0 Å². The number of aliphatic hydroxyl groups excluding tert-OH is 1. The fourth-order valence-corrected chi connectivity index (χ4v) is 2.32. The molecule has 1 aromatic rings. The van der Waals surface area contributed by atoms with Crippen LogP contribution >= 0.6 is 0 Å². The first-order chi connectivity index (χ1) is 8.29. The van der Waals surface area contributed by atoms with E-state index in [1.165, 1.54) is 0 Å². The third-order valence-electron chi connectivity index (χ3n) is 3.17. The molecule has 0 amide bonds. The molecule has 0 aliphatic carbocycles. The Bertz CT molecular complexity index is 312. The molecule has 4 heteroatoms. The van der Waals surface area contributed by atoms with Crippen LogP contribution in [0.4, 0.5) is 0 Å². The van der Waals surface area contributed by atoms with E-state index < -0.39 is 0 Å². The highest BCUT2D eigenvalue weighted by Gasteiger charge is 2.31. The zero-order valence-corrected chi connectivity index (χ0v) is 10.3. The van der Waals surface area contributed by atoms with Gasteiger partial charge < -0.3 is 14.3 Å². The van der Waals surface area contributed by atoms with E-state index in [0.717, 1.165) is 38.2 Å². The van der Waals surface area contributed by atoms with E-state index in [0.29, 0.717) is 6.61 Å². The molecule has 2 heterocycles. The zero-order valence-electron chi connectivity index (χ0n) is 10.3. The van der Waals surface area contributed by atoms with Crippen LogP contribution in [-0.2, 0) is 11.2 Å². The third kappa shape index (κ3) is 3.56. The lowest BCUT2D eigenvalue weighted by molar-refractivity contribution is -0.00242. The Morgan fingerprint density at radius 3 is 3.12 bits per heavy atom. The monoisotopic (exact) mass is 239 g/mol. The van der Waals surface area contributed by atoms with Crippen molar-refractivity contribution in [1.82, 2.24) is 4.90 Å². The molecule has 17 heavy (non-hydrogen) atoms. The number of aliphatic hydroxyl groups is 1. The number of furan rings is 1. The van der Waals surface area contributed by atoms with E-state index in [9.17, 15) is 5.11 Å². The smallest absolute Gasteiger partial charge is 0.103 e. The number of rotatable bonds is 6. The first-order valence-corrected chi connectivity index (χ1v) is 6.34. The van der Waals surface area contributed by atoms with Crippen LogP contribution in [-0.4, -0.2) is 48.5 Å². The molecule has 1 fully saturated rings. The topological polar surface area (TPSA) is 45.8 Å². The van der Waals surface area contributed by atoms with Gasteiger partial charge in [0.05, 0.1) is 18.5 Å². The summed E-state index contributed by atoms with van der Waals surface area (Å²) in [6.45, 7) is 5.19. The molecule has 1 aromatic heterocycles. The summed E-state index contributed by atoms with van der Waals surface area (Å²) in [5.41, 5.74) is 0. The molecule has 1 aliphatic rings. The molecule has 96 valence electrons. The lowest BCUT2D eigenvalue weighted by Crippen LogP contribution is -2.26. The predicted molar refractivity (Wildman–Crippen MR) is 64.9 cm³/mol. The van der Waals surface area contributed by atoms with Crippen molar-refractivity contribution in [1.29, 1.82) is 0 Å². The van der Waals surface area contributed by atoms with Crippen LogP contribution in [0, 0.1) is 0 Å². The SMILES string of the molecule is CCO[C@H]1CN(CCCc2ccco2)C[C@@H]1O. The van der Waals surface area contributed by atoms with Gasteiger partial charge in [-0.05, 0) is 32.0 Å². The molecular weight excluding hydrogens is 218 g/mol. The minimum Gasteiger partial charge on any atom is -0.469 e. The summed E-state index contributed by atoms with van der Waals surface area (Å²) in [7, 11) is 0. The van der Waals surface area contributed by atoms with Crippen molar-refractivity contribution in [3.63, 3.8) is 0 Å². The standard InChI is InChI=1S/C13H21NO3/c1-2-16-13-10-14(9-12(13)15)7-3-5-11-6-4-8-17-11/h4,6,8,12-13,15H,2-3,5,7,9-10H2,1H3/t12-,13-/m0/s1. The van der Waals surface area contributed by atoms with E-state index in [-0.39, 0.29) is 12.2 Å². The highest BCUT2D eigenvalue weighted by Crippen LogP contribution is 2.14. The molecule has 4 nitrogen and oxygen atoms in total. The molecule has 2 rings (SSSR count). The van der Waals surface area contributed by atoms with Crippen LogP contribution in [0.1, 0.15) is 19.1 Å². The second kappa shape index (κ2) is 6.19. The van der Waals surface area contributed by atoms with Crippen molar-refractivity contribution in [2.45, 2.75) is 32.0 Å². The number of hydrogen-bond acceptors (Lipinski definition) is 4. The zero-order chi connectivity index (χ0) is 12.1. The second-order valence-corrected chi connectivity index (χ2v) is 4.50. The normalized spacial score (nSPS) is 25.5. The van der Waals surface area contributed by atoms with E-state index >= 15 is 0 Å². The molecule has 1 aliphatic heterocycles. The Morgan fingerprint density at radius 1 is 1.53 bits per heavy atom. The van der Waals surface area contributed by atoms with Crippen LogP contribution in [0.3, 0.4) is 0 Å². The van der Waals surface area contributed by atoms with Crippen molar-refractivity contribution < 1.29 is 14.3 Å². The van der Waals surface area contributed by atoms with E-state index in [2.05, 4.69) is 4.90 Å². The summed E-state index contributed by atoms with van der Waals surface area (Å²) >= 11 is 0. The quantitative estimate of drug-likeness (QED) is 0.812. The average molecular weight is 239 g/mol. The van der Waals surface area contributed by atoms with Gasteiger partial charge in [0.25, 0.3) is 0 Å². The first kappa shape index (κ1) is 12.6. The van der Waals surface area contributed by atoms with E-state index in [1.807, 2.05) is 19.1 Å². The largest absolute Gasteiger partial charge is 0.469 e. The van der Waals surface area contributed by atoms with Gasteiger partial charge in [0.2, 0.25) is 0 Å². The van der Waals surface area contributed by atoms with Gasteiger partial charge in [0, 0.05) is 26.1 Å². The third-order valence-corrected chi connectivity index (χ3v) is 3.17. The van der Waals surface area contributed by atoms with Gasteiger partial charge in [-0.25, -0.2) is 0 Å². The van der Waals surface area contributed by atoms with Gasteiger partial charge in [-0.1, -0.05) is 0 Å². The van der Waals surface area contributed by atoms with Crippen molar-refractivity contribution in [3.8, 4) is 0 Å². The number of aryl methyl sites for hydroxylation is 1. The minimum absolute atomic E-state index is 0.0105. The Labute approximate surface area is 102 Å². The Balaban J connectivity index is 1.67. The van der Waals surface area contributed by atoms with Gasteiger partial charge >= 0.3 is 0 Å². The highest BCUT2D eigenvalue weighted by atomic mass is 16.5. The molecule has 2 atom stereocenters. The minimum atomic E-state index is -0.335. The highest BCUT2D eigenvalue weighted by molar-refractivity contribution is 4.98. The Kier molecular flexibility index (Phi) is 4.59. The lowest BCUT2D eigenvalue weighted by atomic mass is 10.2. The van der Waals surface area contributed by atoms with Crippen molar-refractivity contribution in [2.75, 3.05) is 26.2 Å². The number of β-amino-alcohol motifs (C(OH)–C–C–N with tert-alkyl or cyclic N) is 1. The molecule has 1 saturated heterocycles. The molecule has 0 bridgehead atoms. The summed E-state index contributed by atoms with van der Waals surface area (Å²) in [5, 5.41) is 9.79. The maximum absolute atomic E-state index is 9.79. The number of likely N-dealkylation sites (tertiary alicyclic amines) is 1. The van der Waals surface area contributed by atoms with Gasteiger partial charge in [0.1, 0.15) is 5.76 Å². The van der Waals surface area contributed by atoms with Crippen molar-refractivity contribution >= 4 is 0 Å². The average Bonchev–Trinajstić information content (AvgIpc) is 2.91. The molecule has 0 spiro atoms. The van der Waals surface area contributed by atoms with Gasteiger partial charge in [-0.2, -0.15) is 0 Å². The summed E-state index contributed by atoms with van der Waals surface area (Å²) in [6, 6.07) is 3.92. The summed E-state index contributed by atoms with van der Waals surface area (Å²) in [5.74, 6) is 1.03. The fraction of sp³-hybridized carbons (Fsp3) is 0.692. The van der Waals surface area contributed by atoms with E-state index in [1.54, 1.807) is 6.26 Å². The summed E-state index contributed by atoms with van der Waals surface area (Å²) in [4.78, 5) is 2.26. The molecule has 0 saturated carbocycles. The Hall–Kier alpha value is -0.840. The molecule has 0 radical (unpaired) electrons.